The van der Waals surface area contributed by atoms with E-state index >= 15 is 0 Å². The van der Waals surface area contributed by atoms with Crippen molar-refractivity contribution in [1.82, 2.24) is 34.5 Å². The van der Waals surface area contributed by atoms with E-state index in [0.29, 0.717) is 28.5 Å². The number of hydrogen-bond acceptors (Lipinski definition) is 6. The topological polar surface area (TPSA) is 111 Å². The van der Waals surface area contributed by atoms with Crippen molar-refractivity contribution >= 4 is 27.9 Å². The number of aromatic amines is 1. The molecule has 3 N–H and O–H groups in total. The second-order valence-electron chi connectivity index (χ2n) is 6.41. The largest absolute Gasteiger partial charge is 0.382 e. The van der Waals surface area contributed by atoms with Gasteiger partial charge in [-0.15, -0.1) is 0 Å². The molecule has 5 aromatic rings. The summed E-state index contributed by atoms with van der Waals surface area (Å²) < 4.78 is 1.96. The Hall–Kier alpha value is -3.81. The van der Waals surface area contributed by atoms with Gasteiger partial charge >= 0.3 is 0 Å². The van der Waals surface area contributed by atoms with E-state index in [1.165, 1.54) is 0 Å². The second kappa shape index (κ2) is 5.60. The number of pyridine rings is 2. The molecule has 0 amide bonds. The maximum Gasteiger partial charge on any atom is 0.180 e. The van der Waals surface area contributed by atoms with Crippen LogP contribution in [0.4, 0.5) is 5.82 Å². The Morgan fingerprint density at radius 2 is 1.96 bits per heavy atom. The lowest BCUT2D eigenvalue weighted by atomic mass is 10.1. The summed E-state index contributed by atoms with van der Waals surface area (Å²) in [4.78, 5) is 25.7. The van der Waals surface area contributed by atoms with Gasteiger partial charge in [-0.3, -0.25) is 0 Å². The molecule has 0 spiro atoms. The molecule has 0 saturated carbocycles. The van der Waals surface area contributed by atoms with Crippen LogP contribution in [0.5, 0.6) is 0 Å². The Labute approximate surface area is 154 Å². The van der Waals surface area contributed by atoms with Crippen molar-refractivity contribution in [3.05, 3.63) is 48.7 Å². The first-order chi connectivity index (χ1) is 13.1. The van der Waals surface area contributed by atoms with Crippen LogP contribution in [-0.4, -0.2) is 34.5 Å². The van der Waals surface area contributed by atoms with Crippen LogP contribution in [-0.2, 0) is 7.05 Å². The molecule has 0 atom stereocenters. The molecule has 0 fully saturated rings. The summed E-state index contributed by atoms with van der Waals surface area (Å²) in [5, 5.41) is 0.969. The average molecular weight is 356 g/mol. The Morgan fingerprint density at radius 3 is 2.81 bits per heavy atom. The van der Waals surface area contributed by atoms with Gasteiger partial charge in [0, 0.05) is 36.1 Å². The zero-order valence-electron chi connectivity index (χ0n) is 14.8. The van der Waals surface area contributed by atoms with Crippen molar-refractivity contribution < 1.29 is 0 Å². The van der Waals surface area contributed by atoms with Crippen LogP contribution < -0.4 is 5.73 Å². The second-order valence-corrected chi connectivity index (χ2v) is 6.41. The zero-order valence-corrected chi connectivity index (χ0v) is 14.8. The summed E-state index contributed by atoms with van der Waals surface area (Å²) in [7, 11) is 1.94. The Morgan fingerprint density at radius 1 is 1.07 bits per heavy atom. The molecule has 5 rings (SSSR count). The average Bonchev–Trinajstić information content (AvgIpc) is 3.26. The van der Waals surface area contributed by atoms with E-state index in [1.54, 1.807) is 12.5 Å². The number of imidazole rings is 1. The lowest BCUT2D eigenvalue weighted by Crippen LogP contribution is -1.97. The van der Waals surface area contributed by atoms with Crippen LogP contribution in [0.25, 0.3) is 44.8 Å². The molecule has 8 nitrogen and oxygen atoms in total. The highest BCUT2D eigenvalue weighted by Crippen LogP contribution is 2.34. The van der Waals surface area contributed by atoms with Crippen molar-refractivity contribution in [3.8, 4) is 22.8 Å². The predicted octanol–water partition coefficient (Wildman–Crippen LogP) is 2.86. The van der Waals surface area contributed by atoms with Crippen molar-refractivity contribution in [2.45, 2.75) is 6.92 Å². The first kappa shape index (κ1) is 15.4. The normalized spacial score (nSPS) is 11.5. The van der Waals surface area contributed by atoms with E-state index in [9.17, 15) is 0 Å². The highest BCUT2D eigenvalue weighted by molar-refractivity contribution is 6.04. The highest BCUT2D eigenvalue weighted by atomic mass is 15.0. The number of anilines is 1. The quantitative estimate of drug-likeness (QED) is 0.503. The number of nitrogens with one attached hydrogen (secondary N) is 1. The fraction of sp³-hybridized carbons (Fsp3) is 0.105. The molecule has 27 heavy (non-hydrogen) atoms. The number of aromatic nitrogens is 7. The fourth-order valence-corrected chi connectivity index (χ4v) is 3.38. The third-order valence-corrected chi connectivity index (χ3v) is 4.57. The van der Waals surface area contributed by atoms with Gasteiger partial charge in [0.1, 0.15) is 22.7 Å². The summed E-state index contributed by atoms with van der Waals surface area (Å²) in [6.07, 6.45) is 5.32. The molecule has 0 aliphatic rings. The van der Waals surface area contributed by atoms with Gasteiger partial charge in [0.15, 0.2) is 11.5 Å². The number of fused-ring (bicyclic) bond motifs is 2. The number of hydrogen-bond donors (Lipinski definition) is 2. The van der Waals surface area contributed by atoms with Crippen LogP contribution in [0.15, 0.2) is 43.0 Å². The van der Waals surface area contributed by atoms with Gasteiger partial charge < -0.3 is 15.3 Å². The molecular weight excluding hydrogens is 340 g/mol. The molecule has 8 heteroatoms. The molecule has 5 aromatic heterocycles. The van der Waals surface area contributed by atoms with Crippen LogP contribution in [0.2, 0.25) is 0 Å². The summed E-state index contributed by atoms with van der Waals surface area (Å²) >= 11 is 0. The highest BCUT2D eigenvalue weighted by Gasteiger charge is 2.19. The molecule has 0 bridgehead atoms. The van der Waals surface area contributed by atoms with E-state index in [0.717, 1.165) is 27.9 Å². The Bertz CT molecular complexity index is 1310. The maximum atomic E-state index is 6.08. The van der Waals surface area contributed by atoms with Crippen LogP contribution in [0, 0.1) is 6.92 Å². The number of nitrogen functional groups attached to an aromatic ring is 1. The summed E-state index contributed by atoms with van der Waals surface area (Å²) in [5.74, 6) is 1.03. The van der Waals surface area contributed by atoms with Crippen molar-refractivity contribution in [1.29, 1.82) is 0 Å². The predicted molar refractivity (Wildman–Crippen MR) is 104 cm³/mol. The van der Waals surface area contributed by atoms with Crippen LogP contribution >= 0.6 is 0 Å². The molecule has 0 unspecified atom stereocenters. The van der Waals surface area contributed by atoms with Crippen molar-refractivity contribution in [2.24, 2.45) is 7.05 Å². The minimum absolute atomic E-state index is 0.481. The van der Waals surface area contributed by atoms with Crippen LogP contribution in [0.1, 0.15) is 5.69 Å². The smallest absolute Gasteiger partial charge is 0.180 e. The first-order valence-electron chi connectivity index (χ1n) is 8.47. The minimum Gasteiger partial charge on any atom is -0.382 e. The maximum absolute atomic E-state index is 6.08. The molecule has 0 saturated heterocycles. The summed E-state index contributed by atoms with van der Waals surface area (Å²) in [5.41, 5.74) is 11.6. The molecule has 0 aromatic carbocycles. The van der Waals surface area contributed by atoms with Gasteiger partial charge in [0.2, 0.25) is 0 Å². The van der Waals surface area contributed by atoms with E-state index in [2.05, 4.69) is 24.9 Å². The monoisotopic (exact) mass is 356 g/mol. The Kier molecular flexibility index (Phi) is 3.20. The number of aryl methyl sites for hydroxylation is 2. The first-order valence-corrected chi connectivity index (χ1v) is 8.47. The van der Waals surface area contributed by atoms with E-state index in [1.807, 2.05) is 49.0 Å². The van der Waals surface area contributed by atoms with Crippen LogP contribution in [0.3, 0.4) is 0 Å². The number of rotatable bonds is 2. The molecular formula is C19H16N8. The summed E-state index contributed by atoms with van der Waals surface area (Å²) in [6.45, 7) is 1.94. The van der Waals surface area contributed by atoms with E-state index < -0.39 is 0 Å². The lowest BCUT2D eigenvalue weighted by Gasteiger charge is -2.05. The molecule has 0 aliphatic carbocycles. The molecule has 5 heterocycles. The van der Waals surface area contributed by atoms with Crippen molar-refractivity contribution in [3.63, 3.8) is 0 Å². The molecule has 132 valence electrons. The van der Waals surface area contributed by atoms with Gasteiger partial charge in [0.05, 0.1) is 11.8 Å². The van der Waals surface area contributed by atoms with Gasteiger partial charge in [0.25, 0.3) is 0 Å². The fourth-order valence-electron chi connectivity index (χ4n) is 3.38. The van der Waals surface area contributed by atoms with E-state index in [-0.39, 0.29) is 0 Å². The minimum atomic E-state index is 0.481. The third kappa shape index (κ3) is 2.34. The van der Waals surface area contributed by atoms with E-state index in [4.69, 9.17) is 10.7 Å². The molecule has 0 radical (unpaired) electrons. The van der Waals surface area contributed by atoms with Gasteiger partial charge in [-0.25, -0.2) is 24.9 Å². The lowest BCUT2D eigenvalue weighted by molar-refractivity contribution is 0.967. The SMILES string of the molecule is Cc1cccc(-c2nc(-c3cn(C)c4c(N)nccc34)c3nc[nH]c3n2)n1. The van der Waals surface area contributed by atoms with Gasteiger partial charge in [-0.2, -0.15) is 0 Å². The Balaban J connectivity index is 1.84. The zero-order chi connectivity index (χ0) is 18.5. The molecule has 0 aliphatic heterocycles. The third-order valence-electron chi connectivity index (χ3n) is 4.57. The summed E-state index contributed by atoms with van der Waals surface area (Å²) in [6, 6.07) is 7.73. The standard InChI is InChI=1S/C19H16N8/c1-10-4-3-5-13(24-10)18-25-14(15-19(26-18)23-9-22-15)12-8-27(2)16-11(12)6-7-21-17(16)20/h3-9H,1-2H3,(H2,20,21)(H,22,23,25,26). The van der Waals surface area contributed by atoms with Crippen molar-refractivity contribution in [2.75, 3.05) is 5.73 Å². The van der Waals surface area contributed by atoms with Gasteiger partial charge in [-0.1, -0.05) is 6.07 Å². The number of nitrogens with zero attached hydrogens (tertiary/aromatic N) is 6. The number of nitrogens with two attached hydrogens (primary N) is 1. The van der Waals surface area contributed by atoms with Gasteiger partial charge in [-0.05, 0) is 25.1 Å². The number of H-pyrrole nitrogens is 1.